The average molecular weight is 375 g/mol. The second-order valence-corrected chi connectivity index (χ2v) is 7.40. The fraction of sp³-hybridized carbons (Fsp3) is 0.444. The number of carbonyl (C=O) groups excluding carboxylic acids is 2. The summed E-state index contributed by atoms with van der Waals surface area (Å²) in [5.74, 6) is 0.545. The third-order valence-corrected chi connectivity index (χ3v) is 5.61. The first-order valence-corrected chi connectivity index (χ1v) is 9.10. The molecule has 1 saturated carbocycles. The number of imide groups is 1. The van der Waals surface area contributed by atoms with E-state index in [0.29, 0.717) is 23.2 Å². The van der Waals surface area contributed by atoms with Crippen LogP contribution in [-0.2, 0) is 11.3 Å². The maximum absolute atomic E-state index is 13.0. The molecule has 2 aliphatic rings. The van der Waals surface area contributed by atoms with Crippen LogP contribution in [0.5, 0.6) is 0 Å². The highest BCUT2D eigenvalue weighted by atomic mass is 35.5. The average Bonchev–Trinajstić information content (AvgIpc) is 3.18. The highest BCUT2D eigenvalue weighted by Crippen LogP contribution is 2.38. The maximum atomic E-state index is 13.0. The zero-order chi connectivity index (χ0) is 18.3. The van der Waals surface area contributed by atoms with E-state index in [4.69, 9.17) is 16.1 Å². The van der Waals surface area contributed by atoms with E-state index in [2.05, 4.69) is 15.5 Å². The number of nitrogens with zero attached hydrogens (tertiary/aromatic N) is 3. The molecule has 2 heterocycles. The van der Waals surface area contributed by atoms with Crippen molar-refractivity contribution in [2.75, 3.05) is 0 Å². The van der Waals surface area contributed by atoms with E-state index in [1.54, 1.807) is 24.3 Å². The fourth-order valence-corrected chi connectivity index (χ4v) is 3.93. The summed E-state index contributed by atoms with van der Waals surface area (Å²) in [4.78, 5) is 30.9. The number of nitrogens with one attached hydrogen (secondary N) is 1. The molecule has 1 spiro atoms. The van der Waals surface area contributed by atoms with Gasteiger partial charge in [0.25, 0.3) is 11.8 Å². The Morgan fingerprint density at radius 1 is 1.31 bits per heavy atom. The predicted octanol–water partition coefficient (Wildman–Crippen LogP) is 3.39. The van der Waals surface area contributed by atoms with Gasteiger partial charge in [0.2, 0.25) is 0 Å². The molecule has 4 rings (SSSR count). The van der Waals surface area contributed by atoms with Crippen molar-refractivity contribution in [3.8, 4) is 11.5 Å². The number of benzene rings is 1. The second kappa shape index (κ2) is 6.39. The van der Waals surface area contributed by atoms with Crippen LogP contribution < -0.4 is 5.32 Å². The molecule has 2 aromatic rings. The lowest BCUT2D eigenvalue weighted by Crippen LogP contribution is -2.53. The van der Waals surface area contributed by atoms with Crippen LogP contribution >= 0.6 is 11.6 Å². The lowest BCUT2D eigenvalue weighted by Gasteiger charge is -2.36. The Morgan fingerprint density at radius 2 is 2.08 bits per heavy atom. The Balaban J connectivity index is 1.53. The molecule has 7 nitrogen and oxygen atoms in total. The SMILES string of the molecule is C[C@@H]1CCCC[C@]12NC(=O)N(Cc1noc(-c3ccc(Cl)cc3)n1)C2=O. The molecule has 1 aliphatic heterocycles. The fourth-order valence-electron chi connectivity index (χ4n) is 3.81. The van der Waals surface area contributed by atoms with E-state index in [0.717, 1.165) is 24.8 Å². The minimum Gasteiger partial charge on any atom is -0.334 e. The Bertz CT molecular complexity index is 850. The zero-order valence-corrected chi connectivity index (χ0v) is 15.1. The van der Waals surface area contributed by atoms with Crippen LogP contribution in [0.25, 0.3) is 11.5 Å². The maximum Gasteiger partial charge on any atom is 0.325 e. The van der Waals surface area contributed by atoms with Crippen LogP contribution in [0.15, 0.2) is 28.8 Å². The Morgan fingerprint density at radius 3 is 2.81 bits per heavy atom. The summed E-state index contributed by atoms with van der Waals surface area (Å²) < 4.78 is 5.26. The largest absolute Gasteiger partial charge is 0.334 e. The lowest BCUT2D eigenvalue weighted by molar-refractivity contribution is -0.134. The van der Waals surface area contributed by atoms with Gasteiger partial charge in [-0.05, 0) is 43.0 Å². The number of hydrogen-bond donors (Lipinski definition) is 1. The summed E-state index contributed by atoms with van der Waals surface area (Å²) in [6.07, 6.45) is 3.63. The van der Waals surface area contributed by atoms with Gasteiger partial charge >= 0.3 is 6.03 Å². The number of carbonyl (C=O) groups is 2. The molecule has 0 unspecified atom stereocenters. The van der Waals surface area contributed by atoms with E-state index in [-0.39, 0.29) is 24.4 Å². The highest BCUT2D eigenvalue weighted by Gasteiger charge is 2.55. The summed E-state index contributed by atoms with van der Waals surface area (Å²) in [5.41, 5.74) is -0.0549. The molecule has 136 valence electrons. The normalized spacial score (nSPS) is 25.8. The molecule has 8 heteroatoms. The topological polar surface area (TPSA) is 88.3 Å². The van der Waals surface area contributed by atoms with Gasteiger partial charge in [0.05, 0.1) is 6.54 Å². The molecule has 3 amide bonds. The third kappa shape index (κ3) is 2.76. The van der Waals surface area contributed by atoms with E-state index < -0.39 is 5.54 Å². The van der Waals surface area contributed by atoms with Crippen LogP contribution in [0, 0.1) is 5.92 Å². The molecule has 1 saturated heterocycles. The molecular formula is C18H19ClN4O3. The Kier molecular flexibility index (Phi) is 4.19. The molecule has 0 bridgehead atoms. The van der Waals surface area contributed by atoms with E-state index in [9.17, 15) is 9.59 Å². The molecule has 1 aliphatic carbocycles. The van der Waals surface area contributed by atoms with Crippen molar-refractivity contribution in [3.63, 3.8) is 0 Å². The van der Waals surface area contributed by atoms with Gasteiger partial charge in [-0.25, -0.2) is 4.79 Å². The van der Waals surface area contributed by atoms with Crippen molar-refractivity contribution in [2.45, 2.75) is 44.7 Å². The smallest absolute Gasteiger partial charge is 0.325 e. The van der Waals surface area contributed by atoms with Gasteiger partial charge in [-0.15, -0.1) is 0 Å². The molecular weight excluding hydrogens is 356 g/mol. The number of aromatic nitrogens is 2. The number of urea groups is 1. The molecule has 26 heavy (non-hydrogen) atoms. The second-order valence-electron chi connectivity index (χ2n) is 6.96. The van der Waals surface area contributed by atoms with Crippen molar-refractivity contribution < 1.29 is 14.1 Å². The van der Waals surface area contributed by atoms with Crippen LogP contribution in [-0.4, -0.2) is 32.5 Å². The number of amides is 3. The molecule has 2 fully saturated rings. The molecule has 0 radical (unpaired) electrons. The van der Waals surface area contributed by atoms with Crippen LogP contribution in [0.2, 0.25) is 5.02 Å². The van der Waals surface area contributed by atoms with Gasteiger partial charge in [0.15, 0.2) is 5.82 Å². The van der Waals surface area contributed by atoms with Crippen LogP contribution in [0.4, 0.5) is 4.79 Å². The van der Waals surface area contributed by atoms with E-state index >= 15 is 0 Å². The first kappa shape index (κ1) is 17.0. The lowest BCUT2D eigenvalue weighted by atomic mass is 9.73. The third-order valence-electron chi connectivity index (χ3n) is 5.36. The van der Waals surface area contributed by atoms with Crippen molar-refractivity contribution in [3.05, 3.63) is 35.1 Å². The van der Waals surface area contributed by atoms with Crippen molar-refractivity contribution >= 4 is 23.5 Å². The Hall–Kier alpha value is -2.41. The first-order valence-electron chi connectivity index (χ1n) is 8.72. The number of hydrogen-bond acceptors (Lipinski definition) is 5. The van der Waals surface area contributed by atoms with Crippen LogP contribution in [0.3, 0.4) is 0 Å². The summed E-state index contributed by atoms with van der Waals surface area (Å²) in [6, 6.07) is 6.61. The van der Waals surface area contributed by atoms with Crippen LogP contribution in [0.1, 0.15) is 38.4 Å². The quantitative estimate of drug-likeness (QED) is 0.832. The van der Waals surface area contributed by atoms with Gasteiger partial charge in [0, 0.05) is 10.6 Å². The molecule has 1 N–H and O–H groups in total. The van der Waals surface area contributed by atoms with Crippen molar-refractivity contribution in [1.29, 1.82) is 0 Å². The minimum atomic E-state index is -0.780. The van der Waals surface area contributed by atoms with Gasteiger partial charge < -0.3 is 9.84 Å². The highest BCUT2D eigenvalue weighted by molar-refractivity contribution is 6.30. The summed E-state index contributed by atoms with van der Waals surface area (Å²) in [7, 11) is 0. The number of halogens is 1. The van der Waals surface area contributed by atoms with E-state index in [1.807, 2.05) is 6.92 Å². The van der Waals surface area contributed by atoms with Gasteiger partial charge in [-0.3, -0.25) is 9.69 Å². The van der Waals surface area contributed by atoms with Crippen molar-refractivity contribution in [2.24, 2.45) is 5.92 Å². The zero-order valence-electron chi connectivity index (χ0n) is 14.4. The van der Waals surface area contributed by atoms with Gasteiger partial charge in [-0.1, -0.05) is 36.5 Å². The van der Waals surface area contributed by atoms with Gasteiger partial charge in [0.1, 0.15) is 5.54 Å². The van der Waals surface area contributed by atoms with Gasteiger partial charge in [-0.2, -0.15) is 4.98 Å². The van der Waals surface area contributed by atoms with Crippen molar-refractivity contribution in [1.82, 2.24) is 20.4 Å². The predicted molar refractivity (Wildman–Crippen MR) is 94.2 cm³/mol. The molecule has 2 atom stereocenters. The first-order chi connectivity index (χ1) is 12.5. The minimum absolute atomic E-state index is 0.00374. The standard InChI is InChI=1S/C18H19ClN4O3/c1-11-4-2-3-9-18(11)16(24)23(17(25)21-18)10-14-20-15(26-22-14)12-5-7-13(19)8-6-12/h5-8,11H,2-4,9-10H2,1H3,(H,21,25)/t11-,18+/m1/s1. The summed E-state index contributed by atoms with van der Waals surface area (Å²) in [6.45, 7) is 2.02. The molecule has 1 aromatic heterocycles. The molecule has 1 aromatic carbocycles. The Labute approximate surface area is 155 Å². The summed E-state index contributed by atoms with van der Waals surface area (Å²) in [5, 5.41) is 7.44. The summed E-state index contributed by atoms with van der Waals surface area (Å²) >= 11 is 5.88. The van der Waals surface area contributed by atoms with E-state index in [1.165, 1.54) is 4.90 Å². The number of rotatable bonds is 3. The monoisotopic (exact) mass is 374 g/mol.